The summed E-state index contributed by atoms with van der Waals surface area (Å²) in [5.41, 5.74) is 2.62. The third kappa shape index (κ3) is 6.96. The number of aromatic amines is 1. The molecule has 0 aliphatic rings. The van der Waals surface area contributed by atoms with Crippen molar-refractivity contribution in [3.63, 3.8) is 0 Å². The number of hydrogen-bond acceptors (Lipinski definition) is 6. The number of rotatable bonds is 10. The van der Waals surface area contributed by atoms with Crippen LogP contribution in [0.3, 0.4) is 0 Å². The molecule has 7 nitrogen and oxygen atoms in total. The topological polar surface area (TPSA) is 103 Å². The van der Waals surface area contributed by atoms with Gasteiger partial charge in [-0.2, -0.15) is 0 Å². The summed E-state index contributed by atoms with van der Waals surface area (Å²) in [6, 6.07) is 15.6. The highest BCUT2D eigenvalue weighted by molar-refractivity contribution is 5.91. The molecule has 0 radical (unpaired) electrons. The number of carboxylic acids is 1. The molecule has 0 aliphatic heterocycles. The van der Waals surface area contributed by atoms with Crippen molar-refractivity contribution in [1.29, 1.82) is 0 Å². The monoisotopic (exact) mass is 463 g/mol. The molecule has 3 rings (SSSR count). The van der Waals surface area contributed by atoms with Crippen molar-refractivity contribution in [2.45, 2.75) is 58.4 Å². The highest BCUT2D eigenvalue weighted by Gasteiger charge is 2.38. The molecule has 0 spiro atoms. The Morgan fingerprint density at radius 3 is 2.53 bits per heavy atom. The summed E-state index contributed by atoms with van der Waals surface area (Å²) in [5.74, 6) is -2.94. The smallest absolute Gasteiger partial charge is 0.315 e. The highest BCUT2D eigenvalue weighted by atomic mass is 16.7. The predicted molar refractivity (Wildman–Crippen MR) is 131 cm³/mol. The van der Waals surface area contributed by atoms with Crippen LogP contribution < -0.4 is 15.2 Å². The minimum Gasteiger partial charge on any atom is -0.550 e. The molecule has 0 saturated carbocycles. The van der Waals surface area contributed by atoms with Crippen LogP contribution in [0.25, 0.3) is 23.1 Å². The van der Waals surface area contributed by atoms with Gasteiger partial charge in [-0.25, -0.2) is 5.32 Å². The number of ether oxygens (including phenoxy) is 2. The fourth-order valence-electron chi connectivity index (χ4n) is 3.63. The van der Waals surface area contributed by atoms with Gasteiger partial charge in [-0.1, -0.05) is 43.3 Å². The second-order valence-corrected chi connectivity index (χ2v) is 9.12. The first kappa shape index (κ1) is 25.1. The molecular weight excluding hydrogens is 432 g/mol. The SMILES string of the molecule is CCC(NC(C)(C)C)(OC(=O)CCC(=O)[O-])Oc1cccc(C=Cc2cccc3[nH]ccc23)c1. The zero-order chi connectivity index (χ0) is 24.8. The van der Waals surface area contributed by atoms with E-state index in [-0.39, 0.29) is 6.42 Å². The normalized spacial score (nSPS) is 13.6. The molecule has 3 aromatic rings. The van der Waals surface area contributed by atoms with E-state index in [1.165, 1.54) is 0 Å². The zero-order valence-corrected chi connectivity index (χ0v) is 20.0. The molecule has 0 bridgehead atoms. The van der Waals surface area contributed by atoms with Crippen molar-refractivity contribution >= 4 is 35.0 Å². The number of H-pyrrole nitrogens is 1. The molecule has 1 atom stereocenters. The number of fused-ring (bicyclic) bond motifs is 1. The number of hydrogen-bond donors (Lipinski definition) is 2. The summed E-state index contributed by atoms with van der Waals surface area (Å²) in [4.78, 5) is 26.3. The first-order valence-corrected chi connectivity index (χ1v) is 11.3. The number of carboxylic acid groups (broad SMARTS) is 1. The van der Waals surface area contributed by atoms with Crippen molar-refractivity contribution in [2.24, 2.45) is 0 Å². The van der Waals surface area contributed by atoms with Crippen LogP contribution in [0.2, 0.25) is 0 Å². The maximum atomic E-state index is 12.4. The van der Waals surface area contributed by atoms with Gasteiger partial charge >= 0.3 is 11.9 Å². The third-order valence-electron chi connectivity index (χ3n) is 5.07. The van der Waals surface area contributed by atoms with E-state index in [1.54, 1.807) is 6.07 Å². The van der Waals surface area contributed by atoms with Gasteiger partial charge in [-0.05, 0) is 62.6 Å². The first-order valence-electron chi connectivity index (χ1n) is 11.3. The molecule has 34 heavy (non-hydrogen) atoms. The van der Waals surface area contributed by atoms with Crippen molar-refractivity contribution in [3.8, 4) is 5.75 Å². The van der Waals surface area contributed by atoms with E-state index in [0.717, 1.165) is 22.0 Å². The van der Waals surface area contributed by atoms with Gasteiger partial charge in [0.05, 0.1) is 6.42 Å². The molecule has 1 aromatic heterocycles. The van der Waals surface area contributed by atoms with E-state index in [9.17, 15) is 14.7 Å². The van der Waals surface area contributed by atoms with Crippen molar-refractivity contribution < 1.29 is 24.2 Å². The lowest BCUT2D eigenvalue weighted by molar-refractivity contribution is -0.306. The summed E-state index contributed by atoms with van der Waals surface area (Å²) in [5, 5.41) is 15.1. The van der Waals surface area contributed by atoms with Crippen LogP contribution in [0.15, 0.2) is 54.7 Å². The van der Waals surface area contributed by atoms with E-state index < -0.39 is 29.8 Å². The quantitative estimate of drug-likeness (QED) is 0.265. The molecule has 0 fully saturated rings. The average Bonchev–Trinajstić information content (AvgIpc) is 3.25. The summed E-state index contributed by atoms with van der Waals surface area (Å²) in [6.45, 7) is 7.61. The summed E-state index contributed by atoms with van der Waals surface area (Å²) < 4.78 is 11.8. The van der Waals surface area contributed by atoms with Gasteiger partial charge in [0.15, 0.2) is 0 Å². The van der Waals surface area contributed by atoms with Crippen molar-refractivity contribution in [3.05, 3.63) is 65.9 Å². The van der Waals surface area contributed by atoms with E-state index in [2.05, 4.69) is 16.4 Å². The Bertz CT molecular complexity index is 1170. The predicted octanol–water partition coefficient (Wildman–Crippen LogP) is 4.24. The minimum atomic E-state index is -1.46. The van der Waals surface area contributed by atoms with Gasteiger partial charge in [-0.3, -0.25) is 4.79 Å². The number of esters is 1. The van der Waals surface area contributed by atoms with Crippen LogP contribution in [0, 0.1) is 0 Å². The van der Waals surface area contributed by atoms with Crippen molar-refractivity contribution in [1.82, 2.24) is 10.3 Å². The van der Waals surface area contributed by atoms with Gasteiger partial charge in [0.2, 0.25) is 0 Å². The Labute approximate surface area is 199 Å². The van der Waals surface area contributed by atoms with Gasteiger partial charge < -0.3 is 24.4 Å². The molecule has 0 saturated heterocycles. The zero-order valence-electron chi connectivity index (χ0n) is 20.0. The van der Waals surface area contributed by atoms with E-state index in [0.29, 0.717) is 12.2 Å². The summed E-state index contributed by atoms with van der Waals surface area (Å²) in [7, 11) is 0. The van der Waals surface area contributed by atoms with Crippen LogP contribution in [-0.2, 0) is 14.3 Å². The van der Waals surface area contributed by atoms with Gasteiger partial charge in [0.25, 0.3) is 0 Å². The largest absolute Gasteiger partial charge is 0.550 e. The molecule has 0 aliphatic carbocycles. The average molecular weight is 464 g/mol. The Balaban J connectivity index is 1.83. The van der Waals surface area contributed by atoms with E-state index >= 15 is 0 Å². The fourth-order valence-corrected chi connectivity index (χ4v) is 3.63. The molecule has 7 heteroatoms. The lowest BCUT2D eigenvalue weighted by Crippen LogP contribution is -2.60. The van der Waals surface area contributed by atoms with Crippen LogP contribution in [-0.4, -0.2) is 28.4 Å². The molecule has 2 N–H and O–H groups in total. The fraction of sp³-hybridized carbons (Fsp3) is 0.333. The maximum absolute atomic E-state index is 12.4. The van der Waals surface area contributed by atoms with Gasteiger partial charge in [0, 0.05) is 35.0 Å². The highest BCUT2D eigenvalue weighted by Crippen LogP contribution is 2.26. The number of aliphatic carboxylic acids is 1. The lowest BCUT2D eigenvalue weighted by Gasteiger charge is -2.38. The standard InChI is InChI=1S/C27H32N2O5/c1-5-27(29-26(2,3)4,34-25(32)15-14-24(30)31)33-21-10-6-8-19(18-21)12-13-20-9-7-11-23-22(20)16-17-28-23/h6-13,16-18,28-29H,5,14-15H2,1-4H3,(H,30,31)/p-1. The molecule has 2 aromatic carbocycles. The lowest BCUT2D eigenvalue weighted by atomic mass is 10.1. The second kappa shape index (κ2) is 10.6. The Morgan fingerprint density at radius 2 is 1.82 bits per heavy atom. The molecule has 1 heterocycles. The van der Waals surface area contributed by atoms with Crippen LogP contribution in [0.5, 0.6) is 5.75 Å². The number of benzene rings is 2. The number of aromatic nitrogens is 1. The molecular formula is C27H31N2O5-. The maximum Gasteiger partial charge on any atom is 0.315 e. The number of carbonyl (C=O) groups is 2. The van der Waals surface area contributed by atoms with Crippen molar-refractivity contribution in [2.75, 3.05) is 0 Å². The van der Waals surface area contributed by atoms with Crippen LogP contribution >= 0.6 is 0 Å². The molecule has 1 unspecified atom stereocenters. The Kier molecular flexibility index (Phi) is 7.79. The van der Waals surface area contributed by atoms with E-state index in [4.69, 9.17) is 9.47 Å². The Hall–Kier alpha value is -3.58. The van der Waals surface area contributed by atoms with Gasteiger partial charge in [0.1, 0.15) is 5.75 Å². The van der Waals surface area contributed by atoms with E-state index in [1.807, 2.05) is 82.4 Å². The third-order valence-corrected chi connectivity index (χ3v) is 5.07. The first-order chi connectivity index (χ1) is 16.1. The van der Waals surface area contributed by atoms with Crippen LogP contribution in [0.4, 0.5) is 0 Å². The number of carbonyl (C=O) groups excluding carboxylic acids is 2. The van der Waals surface area contributed by atoms with Gasteiger partial charge in [-0.15, -0.1) is 0 Å². The summed E-state index contributed by atoms with van der Waals surface area (Å²) in [6.07, 6.45) is 5.53. The van der Waals surface area contributed by atoms with Crippen LogP contribution in [0.1, 0.15) is 58.1 Å². The second-order valence-electron chi connectivity index (χ2n) is 9.12. The summed E-state index contributed by atoms with van der Waals surface area (Å²) >= 11 is 0. The molecule has 0 amide bonds. The molecule has 180 valence electrons. The minimum absolute atomic E-state index is 0.299. The number of nitrogens with one attached hydrogen (secondary N) is 2. The Morgan fingerprint density at radius 1 is 1.06 bits per heavy atom.